The van der Waals surface area contributed by atoms with Gasteiger partial charge in [-0.3, -0.25) is 4.79 Å². The first kappa shape index (κ1) is 12.9. The van der Waals surface area contributed by atoms with Gasteiger partial charge in [-0.15, -0.1) is 0 Å². The second kappa shape index (κ2) is 5.40. The van der Waals surface area contributed by atoms with E-state index in [1.54, 1.807) is 19.1 Å². The summed E-state index contributed by atoms with van der Waals surface area (Å²) in [4.78, 5) is 12.0. The van der Waals surface area contributed by atoms with Crippen molar-refractivity contribution in [2.45, 2.75) is 44.8 Å². The van der Waals surface area contributed by atoms with E-state index in [2.05, 4.69) is 5.32 Å². The SMILES string of the molecule is Cc1ccc(C(=O)N[C@@H]2CCCC[C@H]2O)cc1O. The second-order valence-electron chi connectivity index (χ2n) is 4.93. The number of benzene rings is 1. The topological polar surface area (TPSA) is 69.6 Å². The van der Waals surface area contributed by atoms with Gasteiger partial charge in [0.2, 0.25) is 0 Å². The van der Waals surface area contributed by atoms with Crippen LogP contribution in [0.1, 0.15) is 41.6 Å². The Hall–Kier alpha value is -1.55. The molecule has 1 saturated carbocycles. The van der Waals surface area contributed by atoms with Crippen LogP contribution in [0.5, 0.6) is 5.75 Å². The molecule has 0 spiro atoms. The number of hydrogen-bond donors (Lipinski definition) is 3. The Bertz CT molecular complexity index is 445. The lowest BCUT2D eigenvalue weighted by molar-refractivity contribution is 0.0717. The predicted molar refractivity (Wildman–Crippen MR) is 68.6 cm³/mol. The minimum absolute atomic E-state index is 0.117. The molecule has 0 unspecified atom stereocenters. The fourth-order valence-corrected chi connectivity index (χ4v) is 2.28. The molecule has 2 atom stereocenters. The van der Waals surface area contributed by atoms with Crippen LogP contribution in [-0.2, 0) is 0 Å². The Morgan fingerprint density at radius 1 is 1.33 bits per heavy atom. The minimum atomic E-state index is -0.457. The summed E-state index contributed by atoms with van der Waals surface area (Å²) < 4.78 is 0. The third-order valence-corrected chi connectivity index (χ3v) is 3.52. The molecule has 0 bridgehead atoms. The summed E-state index contributed by atoms with van der Waals surface area (Å²) in [6.45, 7) is 1.78. The van der Waals surface area contributed by atoms with E-state index in [0.29, 0.717) is 5.56 Å². The van der Waals surface area contributed by atoms with Crippen LogP contribution in [0.3, 0.4) is 0 Å². The van der Waals surface area contributed by atoms with Gasteiger partial charge in [-0.2, -0.15) is 0 Å². The molecule has 0 saturated heterocycles. The average Bonchev–Trinajstić information content (AvgIpc) is 2.35. The van der Waals surface area contributed by atoms with Crippen LogP contribution in [0.15, 0.2) is 18.2 Å². The molecule has 1 aromatic carbocycles. The Labute approximate surface area is 107 Å². The number of phenolic OH excluding ortho intramolecular Hbond substituents is 1. The van der Waals surface area contributed by atoms with E-state index in [1.165, 1.54) is 6.07 Å². The van der Waals surface area contributed by atoms with Crippen molar-refractivity contribution >= 4 is 5.91 Å². The molecule has 2 rings (SSSR count). The van der Waals surface area contributed by atoms with Gasteiger partial charge in [0.05, 0.1) is 12.1 Å². The Morgan fingerprint density at radius 2 is 2.06 bits per heavy atom. The molecule has 0 aliphatic heterocycles. The predicted octanol–water partition coefficient (Wildman–Crippen LogP) is 1.73. The molecule has 0 aromatic heterocycles. The van der Waals surface area contributed by atoms with Crippen LogP contribution < -0.4 is 5.32 Å². The molecule has 4 heteroatoms. The standard InChI is InChI=1S/C14H19NO3/c1-9-6-7-10(8-13(9)17)14(18)15-11-4-2-3-5-12(11)16/h6-8,11-12,16-17H,2-5H2,1H3,(H,15,18)/t11-,12-/m1/s1. The van der Waals surface area contributed by atoms with Crippen molar-refractivity contribution in [3.8, 4) is 5.75 Å². The van der Waals surface area contributed by atoms with Crippen LogP contribution in [0.4, 0.5) is 0 Å². The number of aliphatic hydroxyl groups excluding tert-OH is 1. The third kappa shape index (κ3) is 2.82. The highest BCUT2D eigenvalue weighted by Gasteiger charge is 2.24. The number of phenols is 1. The molecule has 1 amide bonds. The van der Waals surface area contributed by atoms with Gasteiger partial charge >= 0.3 is 0 Å². The highest BCUT2D eigenvalue weighted by molar-refractivity contribution is 5.94. The summed E-state index contributed by atoms with van der Waals surface area (Å²) in [6, 6.07) is 4.68. The normalized spacial score (nSPS) is 23.7. The van der Waals surface area contributed by atoms with Crippen LogP contribution in [0, 0.1) is 6.92 Å². The van der Waals surface area contributed by atoms with Crippen molar-refractivity contribution in [2.75, 3.05) is 0 Å². The molecule has 98 valence electrons. The molecule has 4 nitrogen and oxygen atoms in total. The molecule has 1 aliphatic rings. The molecule has 1 aliphatic carbocycles. The van der Waals surface area contributed by atoms with Gasteiger partial charge in [0.1, 0.15) is 5.75 Å². The van der Waals surface area contributed by atoms with E-state index in [-0.39, 0.29) is 17.7 Å². The first-order chi connectivity index (χ1) is 8.58. The number of aromatic hydroxyl groups is 1. The largest absolute Gasteiger partial charge is 0.508 e. The van der Waals surface area contributed by atoms with Gasteiger partial charge in [-0.1, -0.05) is 18.9 Å². The van der Waals surface area contributed by atoms with Crippen LogP contribution >= 0.6 is 0 Å². The zero-order valence-electron chi connectivity index (χ0n) is 10.5. The highest BCUT2D eigenvalue weighted by atomic mass is 16.3. The summed E-state index contributed by atoms with van der Waals surface area (Å²) in [5.74, 6) is -0.122. The van der Waals surface area contributed by atoms with Crippen LogP contribution in [0.2, 0.25) is 0 Å². The number of rotatable bonds is 2. The number of carbonyl (C=O) groups is 1. The van der Waals surface area contributed by atoms with Crippen LogP contribution in [-0.4, -0.2) is 28.3 Å². The van der Waals surface area contributed by atoms with E-state index < -0.39 is 6.10 Å². The van der Waals surface area contributed by atoms with Gasteiger partial charge in [0.25, 0.3) is 5.91 Å². The fraction of sp³-hybridized carbons (Fsp3) is 0.500. The number of aryl methyl sites for hydroxylation is 1. The highest BCUT2D eigenvalue weighted by Crippen LogP contribution is 2.20. The lowest BCUT2D eigenvalue weighted by Gasteiger charge is -2.28. The lowest BCUT2D eigenvalue weighted by atomic mass is 9.92. The van der Waals surface area contributed by atoms with Gasteiger partial charge in [0.15, 0.2) is 0 Å². The minimum Gasteiger partial charge on any atom is -0.508 e. The van der Waals surface area contributed by atoms with Crippen molar-refractivity contribution in [1.82, 2.24) is 5.32 Å². The maximum atomic E-state index is 12.0. The average molecular weight is 249 g/mol. The molecule has 1 aromatic rings. The van der Waals surface area contributed by atoms with Crippen molar-refractivity contribution in [3.05, 3.63) is 29.3 Å². The van der Waals surface area contributed by atoms with E-state index in [1.807, 2.05) is 0 Å². The molecular formula is C14H19NO3. The van der Waals surface area contributed by atoms with E-state index >= 15 is 0 Å². The van der Waals surface area contributed by atoms with Crippen molar-refractivity contribution in [2.24, 2.45) is 0 Å². The zero-order valence-corrected chi connectivity index (χ0v) is 10.5. The number of aliphatic hydroxyl groups is 1. The van der Waals surface area contributed by atoms with Gasteiger partial charge in [-0.05, 0) is 37.5 Å². The smallest absolute Gasteiger partial charge is 0.251 e. The number of amides is 1. The first-order valence-electron chi connectivity index (χ1n) is 6.36. The van der Waals surface area contributed by atoms with Gasteiger partial charge in [0, 0.05) is 5.56 Å². The summed E-state index contributed by atoms with van der Waals surface area (Å²) in [7, 11) is 0. The van der Waals surface area contributed by atoms with E-state index in [0.717, 1.165) is 31.2 Å². The lowest BCUT2D eigenvalue weighted by Crippen LogP contribution is -2.45. The van der Waals surface area contributed by atoms with E-state index in [4.69, 9.17) is 0 Å². The maximum absolute atomic E-state index is 12.0. The Morgan fingerprint density at radius 3 is 2.72 bits per heavy atom. The van der Waals surface area contributed by atoms with Crippen LogP contribution in [0.25, 0.3) is 0 Å². The number of nitrogens with one attached hydrogen (secondary N) is 1. The first-order valence-corrected chi connectivity index (χ1v) is 6.36. The summed E-state index contributed by atoms with van der Waals surface area (Å²) >= 11 is 0. The van der Waals surface area contributed by atoms with Gasteiger partial charge in [-0.25, -0.2) is 0 Å². The van der Waals surface area contributed by atoms with Crippen molar-refractivity contribution in [3.63, 3.8) is 0 Å². The summed E-state index contributed by atoms with van der Waals surface area (Å²) in [5.41, 5.74) is 1.17. The summed E-state index contributed by atoms with van der Waals surface area (Å²) in [6.07, 6.45) is 3.14. The molecular weight excluding hydrogens is 230 g/mol. The number of hydrogen-bond acceptors (Lipinski definition) is 3. The quantitative estimate of drug-likeness (QED) is 0.747. The second-order valence-corrected chi connectivity index (χ2v) is 4.93. The van der Waals surface area contributed by atoms with Crippen molar-refractivity contribution in [1.29, 1.82) is 0 Å². The van der Waals surface area contributed by atoms with Gasteiger partial charge < -0.3 is 15.5 Å². The monoisotopic (exact) mass is 249 g/mol. The Kier molecular flexibility index (Phi) is 3.87. The third-order valence-electron chi connectivity index (χ3n) is 3.52. The fourth-order valence-electron chi connectivity index (χ4n) is 2.28. The maximum Gasteiger partial charge on any atom is 0.251 e. The molecule has 1 fully saturated rings. The molecule has 0 heterocycles. The summed E-state index contributed by atoms with van der Waals surface area (Å²) in [5, 5.41) is 22.2. The number of carbonyl (C=O) groups excluding carboxylic acids is 1. The molecule has 3 N–H and O–H groups in total. The zero-order chi connectivity index (χ0) is 13.1. The van der Waals surface area contributed by atoms with E-state index in [9.17, 15) is 15.0 Å². The van der Waals surface area contributed by atoms with Crippen molar-refractivity contribution < 1.29 is 15.0 Å². The Balaban J connectivity index is 2.04. The molecule has 0 radical (unpaired) electrons. The molecule has 18 heavy (non-hydrogen) atoms.